The van der Waals surface area contributed by atoms with Crippen LogP contribution in [0.5, 0.6) is 0 Å². The van der Waals surface area contributed by atoms with Crippen LogP contribution in [0.25, 0.3) is 11.1 Å². The van der Waals surface area contributed by atoms with Crippen LogP contribution < -0.4 is 21.9 Å². The molecule has 1 aliphatic heterocycles. The molecule has 226 valence electrons. The predicted molar refractivity (Wildman–Crippen MR) is 176 cm³/mol. The topological polar surface area (TPSA) is 114 Å². The number of carbonyl (C=O) groups excluding carboxylic acids is 1. The number of ether oxygens (including phenoxy) is 1. The molecule has 9 nitrogen and oxygen atoms in total. The molecule has 1 amide bonds. The number of nitrogens with one attached hydrogen (secondary N) is 2. The molecule has 0 saturated carbocycles. The molecule has 3 aromatic rings. The molecule has 4 N–H and O–H groups in total. The molecular weight excluding hydrogens is 540 g/mol. The van der Waals surface area contributed by atoms with Crippen LogP contribution in [0.15, 0.2) is 88.2 Å². The molecule has 1 aromatic heterocycles. The van der Waals surface area contributed by atoms with Gasteiger partial charge in [-0.15, -0.1) is 0 Å². The van der Waals surface area contributed by atoms with E-state index in [4.69, 9.17) is 10.5 Å². The number of morpholine rings is 1. The number of carbonyl (C=O) groups is 1. The summed E-state index contributed by atoms with van der Waals surface area (Å²) in [5.74, 6) is 0.214. The van der Waals surface area contributed by atoms with Crippen LogP contribution in [-0.2, 0) is 17.2 Å². The lowest BCUT2D eigenvalue weighted by Gasteiger charge is -2.26. The summed E-state index contributed by atoms with van der Waals surface area (Å²) >= 11 is 0. The van der Waals surface area contributed by atoms with Crippen LogP contribution in [0.4, 0.5) is 11.4 Å². The molecule has 9 heteroatoms. The third-order valence-electron chi connectivity index (χ3n) is 7.49. The Morgan fingerprint density at radius 3 is 2.42 bits per heavy atom. The quantitative estimate of drug-likeness (QED) is 0.241. The van der Waals surface area contributed by atoms with E-state index in [1.54, 1.807) is 31.5 Å². The van der Waals surface area contributed by atoms with Gasteiger partial charge >= 0.3 is 0 Å². The van der Waals surface area contributed by atoms with Gasteiger partial charge in [-0.3, -0.25) is 14.5 Å². The number of benzene rings is 2. The van der Waals surface area contributed by atoms with E-state index >= 15 is 0 Å². The van der Waals surface area contributed by atoms with Crippen molar-refractivity contribution in [3.63, 3.8) is 0 Å². The van der Waals surface area contributed by atoms with Gasteiger partial charge in [-0.05, 0) is 72.2 Å². The molecule has 43 heavy (non-hydrogen) atoms. The number of rotatable bonds is 9. The number of hydrogen-bond acceptors (Lipinski definition) is 7. The average molecular weight is 583 g/mol. The number of nitrogens with two attached hydrogens (primary N) is 1. The van der Waals surface area contributed by atoms with E-state index in [-0.39, 0.29) is 16.9 Å². The molecule has 1 aliphatic rings. The van der Waals surface area contributed by atoms with Crippen LogP contribution in [0, 0.1) is 6.92 Å². The number of aliphatic imine (C=N–C) groups is 1. The lowest BCUT2D eigenvalue weighted by atomic mass is 9.86. The van der Waals surface area contributed by atoms with Crippen LogP contribution in [0.3, 0.4) is 0 Å². The Morgan fingerprint density at radius 1 is 1.07 bits per heavy atom. The van der Waals surface area contributed by atoms with E-state index in [0.29, 0.717) is 48.2 Å². The number of allylic oxidation sites excluding steroid dienone is 2. The van der Waals surface area contributed by atoms with Gasteiger partial charge in [0.25, 0.3) is 11.5 Å². The van der Waals surface area contributed by atoms with E-state index in [9.17, 15) is 9.59 Å². The Labute approximate surface area is 253 Å². The Bertz CT molecular complexity index is 1590. The SMILES string of the molecule is C=N/C(=C\C=C(/N)CN1CCOCC1)Nc1cc(-c2cccc(NC(=O)c3ccc(C(C)(C)C)cc3)c2C)cn(C)c1=O. The van der Waals surface area contributed by atoms with Gasteiger partial charge in [0.2, 0.25) is 0 Å². The van der Waals surface area contributed by atoms with Crippen LogP contribution in [0.2, 0.25) is 0 Å². The largest absolute Gasteiger partial charge is 0.401 e. The van der Waals surface area contributed by atoms with Crippen molar-refractivity contribution < 1.29 is 9.53 Å². The fourth-order valence-corrected chi connectivity index (χ4v) is 4.88. The molecule has 0 bridgehead atoms. The molecule has 0 unspecified atom stereocenters. The number of aryl methyl sites for hydroxylation is 1. The molecule has 2 aromatic carbocycles. The van der Waals surface area contributed by atoms with Crippen molar-refractivity contribution in [1.82, 2.24) is 9.47 Å². The molecule has 0 spiro atoms. The number of nitrogens with zero attached hydrogens (tertiary/aromatic N) is 3. The average Bonchev–Trinajstić information content (AvgIpc) is 2.98. The van der Waals surface area contributed by atoms with Gasteiger partial charge in [-0.1, -0.05) is 45.0 Å². The first-order valence-electron chi connectivity index (χ1n) is 14.4. The summed E-state index contributed by atoms with van der Waals surface area (Å²) in [5, 5.41) is 6.15. The van der Waals surface area contributed by atoms with E-state index in [2.05, 4.69) is 48.0 Å². The van der Waals surface area contributed by atoms with E-state index in [1.165, 1.54) is 10.1 Å². The molecule has 0 atom stereocenters. The normalized spacial score (nSPS) is 14.8. The minimum atomic E-state index is -0.218. The van der Waals surface area contributed by atoms with Crippen molar-refractivity contribution in [2.75, 3.05) is 43.5 Å². The van der Waals surface area contributed by atoms with Crippen molar-refractivity contribution in [3.05, 3.63) is 105 Å². The van der Waals surface area contributed by atoms with Crippen molar-refractivity contribution in [2.24, 2.45) is 17.8 Å². The number of aromatic nitrogens is 1. The molecular formula is C34H42N6O3. The second-order valence-electron chi connectivity index (χ2n) is 11.8. The Kier molecular flexibility index (Phi) is 10.0. The van der Waals surface area contributed by atoms with Gasteiger partial charge in [-0.25, -0.2) is 4.99 Å². The lowest BCUT2D eigenvalue weighted by Crippen LogP contribution is -2.38. The molecule has 0 aliphatic carbocycles. The molecule has 1 saturated heterocycles. The highest BCUT2D eigenvalue weighted by Crippen LogP contribution is 2.30. The summed E-state index contributed by atoms with van der Waals surface area (Å²) in [6, 6.07) is 15.2. The Morgan fingerprint density at radius 2 is 1.77 bits per heavy atom. The van der Waals surface area contributed by atoms with Gasteiger partial charge in [0.1, 0.15) is 11.5 Å². The number of amides is 1. The predicted octanol–water partition coefficient (Wildman–Crippen LogP) is 5.04. The summed E-state index contributed by atoms with van der Waals surface area (Å²) in [6.45, 7) is 15.7. The maximum Gasteiger partial charge on any atom is 0.274 e. The molecule has 4 rings (SSSR count). The van der Waals surface area contributed by atoms with Gasteiger partial charge in [0.15, 0.2) is 0 Å². The monoisotopic (exact) mass is 582 g/mol. The summed E-state index contributed by atoms with van der Waals surface area (Å²) in [4.78, 5) is 32.4. The summed E-state index contributed by atoms with van der Waals surface area (Å²) in [5.41, 5.74) is 12.0. The third kappa shape index (κ3) is 8.09. The fourth-order valence-electron chi connectivity index (χ4n) is 4.88. The van der Waals surface area contributed by atoms with Crippen LogP contribution >= 0.6 is 0 Å². The third-order valence-corrected chi connectivity index (χ3v) is 7.49. The first-order valence-corrected chi connectivity index (χ1v) is 14.4. The van der Waals surface area contributed by atoms with Gasteiger partial charge < -0.3 is 25.7 Å². The summed E-state index contributed by atoms with van der Waals surface area (Å²) in [6.07, 6.45) is 5.26. The number of pyridine rings is 1. The van der Waals surface area contributed by atoms with Gasteiger partial charge in [0.05, 0.1) is 13.2 Å². The maximum atomic E-state index is 13.1. The first-order chi connectivity index (χ1) is 20.5. The van der Waals surface area contributed by atoms with E-state index in [1.807, 2.05) is 49.4 Å². The standard InChI is InChI=1S/C34H42N6O3/c1-23-28(8-7-9-29(23)38-32(41)24-10-12-26(13-11-24)34(2,3)4)25-20-30(33(42)39(6)21-25)37-31(36-5)15-14-27(35)22-40-16-18-43-19-17-40/h7-15,20-21,37H,5,16-19,22,35H2,1-4,6H3,(H,38,41)/b27-14-,31-15+. The van der Waals surface area contributed by atoms with Gasteiger partial charge in [-0.2, -0.15) is 0 Å². The smallest absolute Gasteiger partial charge is 0.274 e. The van der Waals surface area contributed by atoms with Crippen molar-refractivity contribution in [2.45, 2.75) is 33.1 Å². The second-order valence-corrected chi connectivity index (χ2v) is 11.8. The van der Waals surface area contributed by atoms with Crippen molar-refractivity contribution in [3.8, 4) is 11.1 Å². The van der Waals surface area contributed by atoms with Crippen molar-refractivity contribution in [1.29, 1.82) is 0 Å². The number of hydrogen-bond donors (Lipinski definition) is 3. The summed E-state index contributed by atoms with van der Waals surface area (Å²) in [7, 11) is 1.70. The minimum absolute atomic E-state index is 0.00873. The fraction of sp³-hybridized carbons (Fsp3) is 0.324. The Balaban J connectivity index is 1.55. The first kappa shape index (κ1) is 31.5. The maximum absolute atomic E-state index is 13.1. The van der Waals surface area contributed by atoms with Crippen molar-refractivity contribution >= 4 is 24.0 Å². The minimum Gasteiger partial charge on any atom is -0.401 e. The highest BCUT2D eigenvalue weighted by atomic mass is 16.5. The van der Waals surface area contributed by atoms with Crippen LogP contribution in [0.1, 0.15) is 42.3 Å². The van der Waals surface area contributed by atoms with E-state index < -0.39 is 0 Å². The number of anilines is 2. The zero-order chi connectivity index (χ0) is 31.1. The molecule has 2 heterocycles. The Hall–Kier alpha value is -4.47. The zero-order valence-corrected chi connectivity index (χ0v) is 25.7. The lowest BCUT2D eigenvalue weighted by molar-refractivity contribution is 0.0421. The highest BCUT2D eigenvalue weighted by Gasteiger charge is 2.16. The molecule has 1 fully saturated rings. The summed E-state index contributed by atoms with van der Waals surface area (Å²) < 4.78 is 6.91. The van der Waals surface area contributed by atoms with Gasteiger partial charge in [0, 0.05) is 55.4 Å². The van der Waals surface area contributed by atoms with E-state index in [0.717, 1.165) is 29.8 Å². The van der Waals surface area contributed by atoms with Crippen LogP contribution in [-0.4, -0.2) is 54.9 Å². The second kappa shape index (κ2) is 13.7. The highest BCUT2D eigenvalue weighted by molar-refractivity contribution is 6.05. The zero-order valence-electron chi connectivity index (χ0n) is 25.7. The molecule has 0 radical (unpaired) electrons.